The SMILES string of the molecule is C=CCCC1COC(c2cc(F)c(C(F)(F)Oc3ccc(-c4ccc(-c5cc(F)c(C=C)c(F)c5)c(F)c4)c(F)c3)c(F)c2)OC1. The van der Waals surface area contributed by atoms with Crippen LogP contribution in [0.3, 0.4) is 0 Å². The van der Waals surface area contributed by atoms with Gasteiger partial charge in [-0.15, -0.1) is 6.58 Å². The first-order chi connectivity index (χ1) is 21.9. The maximum atomic E-state index is 15.0. The largest absolute Gasteiger partial charge is 0.432 e. The maximum absolute atomic E-state index is 15.0. The summed E-state index contributed by atoms with van der Waals surface area (Å²) < 4.78 is 134. The minimum absolute atomic E-state index is 0.0347. The van der Waals surface area contributed by atoms with Crippen molar-refractivity contribution in [1.29, 1.82) is 0 Å². The third kappa shape index (κ3) is 6.85. The highest BCUT2D eigenvalue weighted by Gasteiger charge is 2.42. The van der Waals surface area contributed by atoms with Crippen LogP contribution in [0.4, 0.5) is 35.1 Å². The van der Waals surface area contributed by atoms with Crippen LogP contribution in [-0.2, 0) is 15.6 Å². The zero-order valence-corrected chi connectivity index (χ0v) is 24.1. The van der Waals surface area contributed by atoms with Gasteiger partial charge in [-0.2, -0.15) is 8.78 Å². The lowest BCUT2D eigenvalue weighted by Gasteiger charge is -2.30. The molecule has 3 nitrogen and oxygen atoms in total. The summed E-state index contributed by atoms with van der Waals surface area (Å²) in [7, 11) is 0. The second-order valence-electron chi connectivity index (χ2n) is 10.6. The van der Waals surface area contributed by atoms with E-state index in [1.165, 1.54) is 12.1 Å². The lowest BCUT2D eigenvalue weighted by molar-refractivity contribution is -0.206. The minimum atomic E-state index is -4.57. The Bertz CT molecular complexity index is 1730. The van der Waals surface area contributed by atoms with Crippen molar-refractivity contribution in [3.8, 4) is 28.0 Å². The van der Waals surface area contributed by atoms with Crippen molar-refractivity contribution in [1.82, 2.24) is 0 Å². The van der Waals surface area contributed by atoms with Gasteiger partial charge in [0.25, 0.3) is 0 Å². The van der Waals surface area contributed by atoms with Crippen LogP contribution in [0.25, 0.3) is 28.3 Å². The number of hydrogen-bond donors (Lipinski definition) is 0. The van der Waals surface area contributed by atoms with Crippen LogP contribution in [0.5, 0.6) is 5.75 Å². The molecule has 0 saturated carbocycles. The van der Waals surface area contributed by atoms with Gasteiger partial charge in [-0.05, 0) is 66.4 Å². The molecule has 0 radical (unpaired) electrons. The fourth-order valence-corrected chi connectivity index (χ4v) is 5.11. The molecular formula is C35H26F8O3. The van der Waals surface area contributed by atoms with E-state index >= 15 is 13.2 Å². The zero-order valence-electron chi connectivity index (χ0n) is 24.1. The standard InChI is InChI=1S/C35H26F8O3/c1-3-5-6-19-17-44-34(45-18-19)22-14-31(40)33(32(41)15-22)35(42,43)46-23-8-10-25(30(39)16-23)20-7-9-26(29(38)11-20)21-12-27(36)24(4-2)28(37)13-21/h3-4,7-16,19,34H,1-2,5-6,17-18H2. The average Bonchev–Trinajstić information content (AvgIpc) is 2.99. The monoisotopic (exact) mass is 646 g/mol. The van der Waals surface area contributed by atoms with Crippen LogP contribution >= 0.6 is 0 Å². The van der Waals surface area contributed by atoms with Crippen LogP contribution < -0.4 is 4.74 Å². The highest BCUT2D eigenvalue weighted by molar-refractivity contribution is 5.72. The van der Waals surface area contributed by atoms with Crippen molar-refractivity contribution in [2.75, 3.05) is 13.2 Å². The van der Waals surface area contributed by atoms with Crippen LogP contribution in [0.15, 0.2) is 79.9 Å². The topological polar surface area (TPSA) is 27.7 Å². The summed E-state index contributed by atoms with van der Waals surface area (Å²) in [6.45, 7) is 7.44. The molecule has 0 spiro atoms. The third-order valence-electron chi connectivity index (χ3n) is 7.43. The number of allylic oxidation sites excluding steroid dienone is 1. The first-order valence-electron chi connectivity index (χ1n) is 14.0. The van der Waals surface area contributed by atoms with Gasteiger partial charge < -0.3 is 14.2 Å². The molecule has 0 aliphatic carbocycles. The molecular weight excluding hydrogens is 620 g/mol. The summed E-state index contributed by atoms with van der Waals surface area (Å²) in [6, 6.07) is 8.94. The lowest BCUT2D eigenvalue weighted by atomic mass is 9.98. The van der Waals surface area contributed by atoms with Gasteiger partial charge in [0.1, 0.15) is 46.2 Å². The summed E-state index contributed by atoms with van der Waals surface area (Å²) in [5.74, 6) is -7.97. The van der Waals surface area contributed by atoms with E-state index in [9.17, 15) is 22.0 Å². The maximum Gasteiger partial charge on any atom is 0.432 e. The van der Waals surface area contributed by atoms with E-state index in [0.717, 1.165) is 49.2 Å². The Morgan fingerprint density at radius 3 is 1.85 bits per heavy atom. The Hall–Kier alpha value is -4.48. The predicted molar refractivity (Wildman–Crippen MR) is 156 cm³/mol. The first kappa shape index (κ1) is 32.9. The quantitative estimate of drug-likeness (QED) is 0.127. The summed E-state index contributed by atoms with van der Waals surface area (Å²) >= 11 is 0. The molecule has 0 bridgehead atoms. The van der Waals surface area contributed by atoms with Crippen molar-refractivity contribution >= 4 is 6.08 Å². The van der Waals surface area contributed by atoms with Gasteiger partial charge in [-0.25, -0.2) is 26.3 Å². The molecule has 1 aliphatic heterocycles. The summed E-state index contributed by atoms with van der Waals surface area (Å²) in [5.41, 5.74) is -2.79. The van der Waals surface area contributed by atoms with Crippen molar-refractivity contribution in [3.05, 3.63) is 131 Å². The Balaban J connectivity index is 1.33. The Morgan fingerprint density at radius 1 is 0.717 bits per heavy atom. The lowest BCUT2D eigenvalue weighted by Crippen LogP contribution is -2.28. The van der Waals surface area contributed by atoms with Crippen LogP contribution in [0.1, 0.15) is 35.8 Å². The second-order valence-corrected chi connectivity index (χ2v) is 10.6. The molecule has 1 heterocycles. The molecule has 1 saturated heterocycles. The molecule has 5 rings (SSSR count). The van der Waals surface area contributed by atoms with Crippen molar-refractivity contribution in [2.45, 2.75) is 25.2 Å². The highest BCUT2D eigenvalue weighted by atomic mass is 19.3. The van der Waals surface area contributed by atoms with E-state index in [1.54, 1.807) is 6.08 Å². The molecule has 0 aromatic heterocycles. The second kappa shape index (κ2) is 13.5. The molecule has 0 atom stereocenters. The van der Waals surface area contributed by atoms with E-state index < -0.39 is 58.6 Å². The van der Waals surface area contributed by atoms with Crippen molar-refractivity contribution in [3.63, 3.8) is 0 Å². The van der Waals surface area contributed by atoms with Crippen LogP contribution in [-0.4, -0.2) is 13.2 Å². The average molecular weight is 647 g/mol. The number of rotatable bonds is 10. The Kier molecular flexibility index (Phi) is 9.64. The molecule has 4 aromatic carbocycles. The number of halogens is 8. The van der Waals surface area contributed by atoms with Gasteiger partial charge in [-0.3, -0.25) is 0 Å². The Morgan fingerprint density at radius 2 is 1.28 bits per heavy atom. The van der Waals surface area contributed by atoms with Crippen LogP contribution in [0, 0.1) is 40.8 Å². The minimum Gasteiger partial charge on any atom is -0.429 e. The van der Waals surface area contributed by atoms with Gasteiger partial charge in [0.15, 0.2) is 6.29 Å². The van der Waals surface area contributed by atoms with Gasteiger partial charge in [0.05, 0.1) is 13.2 Å². The van der Waals surface area contributed by atoms with Crippen molar-refractivity contribution < 1.29 is 49.3 Å². The molecule has 0 amide bonds. The zero-order chi connectivity index (χ0) is 33.2. The molecule has 0 unspecified atom stereocenters. The van der Waals surface area contributed by atoms with E-state index in [1.807, 2.05) is 0 Å². The molecule has 0 N–H and O–H groups in total. The number of alkyl halides is 2. The third-order valence-corrected chi connectivity index (χ3v) is 7.43. The highest BCUT2D eigenvalue weighted by Crippen LogP contribution is 2.39. The predicted octanol–water partition coefficient (Wildman–Crippen LogP) is 10.3. The number of ether oxygens (including phenoxy) is 3. The summed E-state index contributed by atoms with van der Waals surface area (Å²) in [5, 5.41) is 0. The van der Waals surface area contributed by atoms with Gasteiger partial charge in [0.2, 0.25) is 0 Å². The smallest absolute Gasteiger partial charge is 0.429 e. The Labute approximate surface area is 259 Å². The van der Waals surface area contributed by atoms with Gasteiger partial charge in [-0.1, -0.05) is 30.9 Å². The first-order valence-corrected chi connectivity index (χ1v) is 14.0. The van der Waals surface area contributed by atoms with Crippen molar-refractivity contribution in [2.24, 2.45) is 5.92 Å². The normalized spacial score (nSPS) is 16.7. The van der Waals surface area contributed by atoms with Gasteiger partial charge >= 0.3 is 6.11 Å². The summed E-state index contributed by atoms with van der Waals surface area (Å²) in [6.07, 6.45) is -1.54. The molecule has 1 aliphatic rings. The van der Waals surface area contributed by atoms with E-state index in [0.29, 0.717) is 18.2 Å². The molecule has 46 heavy (non-hydrogen) atoms. The fourth-order valence-electron chi connectivity index (χ4n) is 5.11. The molecule has 240 valence electrons. The van der Waals surface area contributed by atoms with E-state index in [4.69, 9.17) is 9.47 Å². The van der Waals surface area contributed by atoms with Crippen LogP contribution in [0.2, 0.25) is 0 Å². The van der Waals surface area contributed by atoms with E-state index in [2.05, 4.69) is 17.9 Å². The molecule has 11 heteroatoms. The molecule has 1 fully saturated rings. The fraction of sp³-hybridized carbons (Fsp3) is 0.200. The van der Waals surface area contributed by atoms with Gasteiger partial charge in [0, 0.05) is 34.2 Å². The molecule has 4 aromatic rings. The number of hydrogen-bond acceptors (Lipinski definition) is 3. The van der Waals surface area contributed by atoms with E-state index in [-0.39, 0.29) is 52.5 Å². The number of benzene rings is 4. The summed E-state index contributed by atoms with van der Waals surface area (Å²) in [4.78, 5) is 0.